The van der Waals surface area contributed by atoms with Crippen molar-refractivity contribution < 1.29 is 14.3 Å². The number of esters is 1. The van der Waals surface area contributed by atoms with Gasteiger partial charge in [0.15, 0.2) is 0 Å². The average Bonchev–Trinajstić information content (AvgIpc) is 2.70. The topological polar surface area (TPSA) is 86.1 Å². The molecule has 88 valence electrons. The SMILES string of the molecule is CCOC(=O)C(C)NC(=O)Cn1cncn1. The number of nitrogens with zero attached hydrogens (tertiary/aromatic N) is 3. The molecule has 1 aromatic heterocycles. The molecule has 1 unspecified atom stereocenters. The lowest BCUT2D eigenvalue weighted by Gasteiger charge is -2.12. The molecule has 1 amide bonds. The van der Waals surface area contributed by atoms with Gasteiger partial charge in [0.25, 0.3) is 0 Å². The van der Waals surface area contributed by atoms with Gasteiger partial charge in [-0.1, -0.05) is 0 Å². The summed E-state index contributed by atoms with van der Waals surface area (Å²) in [6.07, 6.45) is 2.76. The first kappa shape index (κ1) is 12.2. The predicted molar refractivity (Wildman–Crippen MR) is 54.3 cm³/mol. The maximum absolute atomic E-state index is 11.4. The molecule has 0 spiro atoms. The Morgan fingerprint density at radius 2 is 2.31 bits per heavy atom. The normalized spacial score (nSPS) is 11.9. The second-order valence-electron chi connectivity index (χ2n) is 3.13. The lowest BCUT2D eigenvalue weighted by Crippen LogP contribution is -2.41. The van der Waals surface area contributed by atoms with Crippen LogP contribution in [0.5, 0.6) is 0 Å². The van der Waals surface area contributed by atoms with Crippen LogP contribution in [0.3, 0.4) is 0 Å². The van der Waals surface area contributed by atoms with Gasteiger partial charge in [-0.05, 0) is 13.8 Å². The van der Waals surface area contributed by atoms with Crippen LogP contribution in [0.25, 0.3) is 0 Å². The number of ether oxygens (including phenoxy) is 1. The molecule has 0 aliphatic carbocycles. The minimum absolute atomic E-state index is 0.0315. The van der Waals surface area contributed by atoms with Gasteiger partial charge >= 0.3 is 5.97 Å². The van der Waals surface area contributed by atoms with Gasteiger partial charge in [-0.15, -0.1) is 0 Å². The van der Waals surface area contributed by atoms with Crippen molar-refractivity contribution in [2.75, 3.05) is 6.61 Å². The van der Waals surface area contributed by atoms with Gasteiger partial charge in [-0.2, -0.15) is 5.10 Å². The Hall–Kier alpha value is -1.92. The number of hydrogen-bond acceptors (Lipinski definition) is 5. The fourth-order valence-corrected chi connectivity index (χ4v) is 1.07. The van der Waals surface area contributed by atoms with Crippen LogP contribution in [0.2, 0.25) is 0 Å². The van der Waals surface area contributed by atoms with Gasteiger partial charge in [-0.3, -0.25) is 4.79 Å². The van der Waals surface area contributed by atoms with E-state index in [9.17, 15) is 9.59 Å². The zero-order valence-electron chi connectivity index (χ0n) is 9.21. The van der Waals surface area contributed by atoms with Crippen molar-refractivity contribution in [1.82, 2.24) is 20.1 Å². The number of rotatable bonds is 5. The zero-order valence-corrected chi connectivity index (χ0v) is 9.21. The van der Waals surface area contributed by atoms with Gasteiger partial charge in [0, 0.05) is 0 Å². The maximum atomic E-state index is 11.4. The molecule has 0 aliphatic rings. The summed E-state index contributed by atoms with van der Waals surface area (Å²) in [6, 6.07) is -0.657. The van der Waals surface area contributed by atoms with Crippen LogP contribution in [0.1, 0.15) is 13.8 Å². The molecule has 1 N–H and O–H groups in total. The Bertz CT molecular complexity index is 350. The van der Waals surface area contributed by atoms with Crippen molar-refractivity contribution in [2.24, 2.45) is 0 Å². The highest BCUT2D eigenvalue weighted by Gasteiger charge is 2.16. The van der Waals surface area contributed by atoms with Crippen molar-refractivity contribution in [3.63, 3.8) is 0 Å². The van der Waals surface area contributed by atoms with E-state index in [4.69, 9.17) is 4.74 Å². The molecule has 0 saturated carbocycles. The molecule has 0 aliphatic heterocycles. The van der Waals surface area contributed by atoms with E-state index in [0.29, 0.717) is 6.61 Å². The summed E-state index contributed by atoms with van der Waals surface area (Å²) in [5.74, 6) is -0.763. The summed E-state index contributed by atoms with van der Waals surface area (Å²) >= 11 is 0. The molecule has 0 aromatic carbocycles. The summed E-state index contributed by atoms with van der Waals surface area (Å²) in [5, 5.41) is 6.27. The molecule has 1 rings (SSSR count). The summed E-state index contributed by atoms with van der Waals surface area (Å²) in [7, 11) is 0. The van der Waals surface area contributed by atoms with Gasteiger partial charge in [0.2, 0.25) is 5.91 Å². The van der Waals surface area contributed by atoms with E-state index >= 15 is 0 Å². The highest BCUT2D eigenvalue weighted by molar-refractivity contribution is 5.83. The molecule has 7 nitrogen and oxygen atoms in total. The molecular formula is C9H14N4O3. The van der Waals surface area contributed by atoms with E-state index in [1.54, 1.807) is 13.8 Å². The van der Waals surface area contributed by atoms with Gasteiger partial charge in [0.05, 0.1) is 6.61 Å². The maximum Gasteiger partial charge on any atom is 0.328 e. The van der Waals surface area contributed by atoms with Crippen LogP contribution in [-0.4, -0.2) is 39.3 Å². The Labute approximate surface area is 92.8 Å². The number of carbonyl (C=O) groups excluding carboxylic acids is 2. The van der Waals surface area contributed by atoms with Gasteiger partial charge in [-0.25, -0.2) is 14.5 Å². The van der Waals surface area contributed by atoms with Crippen LogP contribution in [0.15, 0.2) is 12.7 Å². The molecule has 1 aromatic rings. The van der Waals surface area contributed by atoms with Crippen molar-refractivity contribution in [1.29, 1.82) is 0 Å². The average molecular weight is 226 g/mol. The van der Waals surface area contributed by atoms with E-state index < -0.39 is 12.0 Å². The van der Waals surface area contributed by atoms with Crippen molar-refractivity contribution >= 4 is 11.9 Å². The second-order valence-corrected chi connectivity index (χ2v) is 3.13. The molecule has 0 saturated heterocycles. The molecule has 0 fully saturated rings. The van der Waals surface area contributed by atoms with Crippen molar-refractivity contribution in [3.8, 4) is 0 Å². The molecule has 7 heteroatoms. The third-order valence-electron chi connectivity index (χ3n) is 1.79. The summed E-state index contributed by atoms with van der Waals surface area (Å²) in [5.41, 5.74) is 0. The third kappa shape index (κ3) is 3.68. The Kier molecular flexibility index (Phi) is 4.43. The van der Waals surface area contributed by atoms with E-state index in [1.165, 1.54) is 17.3 Å². The van der Waals surface area contributed by atoms with E-state index in [0.717, 1.165) is 0 Å². The molecular weight excluding hydrogens is 212 g/mol. The summed E-state index contributed by atoms with van der Waals surface area (Å²) in [6.45, 7) is 3.60. The summed E-state index contributed by atoms with van der Waals surface area (Å²) in [4.78, 5) is 26.3. The van der Waals surface area contributed by atoms with Crippen molar-refractivity contribution in [2.45, 2.75) is 26.4 Å². The van der Waals surface area contributed by atoms with Gasteiger partial charge in [0.1, 0.15) is 25.2 Å². The molecule has 1 atom stereocenters. The molecule has 16 heavy (non-hydrogen) atoms. The minimum atomic E-state index is -0.657. The van der Waals surface area contributed by atoms with Crippen LogP contribution in [-0.2, 0) is 20.9 Å². The monoisotopic (exact) mass is 226 g/mol. The Morgan fingerprint density at radius 1 is 1.56 bits per heavy atom. The van der Waals surface area contributed by atoms with E-state index in [2.05, 4.69) is 15.4 Å². The largest absolute Gasteiger partial charge is 0.464 e. The second kappa shape index (κ2) is 5.84. The molecule has 0 bridgehead atoms. The van der Waals surface area contributed by atoms with Crippen LogP contribution >= 0.6 is 0 Å². The van der Waals surface area contributed by atoms with Crippen LogP contribution in [0, 0.1) is 0 Å². The quantitative estimate of drug-likeness (QED) is 0.674. The lowest BCUT2D eigenvalue weighted by molar-refractivity contribution is -0.146. The number of nitrogens with one attached hydrogen (secondary N) is 1. The predicted octanol–water partition coefficient (Wildman–Crippen LogP) is -0.654. The fraction of sp³-hybridized carbons (Fsp3) is 0.556. The minimum Gasteiger partial charge on any atom is -0.464 e. The molecule has 1 heterocycles. The van der Waals surface area contributed by atoms with Crippen LogP contribution in [0.4, 0.5) is 0 Å². The van der Waals surface area contributed by atoms with E-state index in [1.807, 2.05) is 0 Å². The smallest absolute Gasteiger partial charge is 0.328 e. The first-order chi connectivity index (χ1) is 7.63. The Morgan fingerprint density at radius 3 is 2.88 bits per heavy atom. The number of amides is 1. The fourth-order valence-electron chi connectivity index (χ4n) is 1.07. The van der Waals surface area contributed by atoms with Crippen molar-refractivity contribution in [3.05, 3.63) is 12.7 Å². The highest BCUT2D eigenvalue weighted by Crippen LogP contribution is 1.89. The molecule has 0 radical (unpaired) electrons. The lowest BCUT2D eigenvalue weighted by atomic mass is 10.3. The van der Waals surface area contributed by atoms with E-state index in [-0.39, 0.29) is 12.5 Å². The first-order valence-corrected chi connectivity index (χ1v) is 4.92. The van der Waals surface area contributed by atoms with Gasteiger partial charge < -0.3 is 10.1 Å². The Balaban J connectivity index is 2.36. The highest BCUT2D eigenvalue weighted by atomic mass is 16.5. The number of carbonyl (C=O) groups is 2. The third-order valence-corrected chi connectivity index (χ3v) is 1.79. The first-order valence-electron chi connectivity index (χ1n) is 4.92. The standard InChI is InChI=1S/C9H14N4O3/c1-3-16-9(15)7(2)12-8(14)4-13-6-10-5-11-13/h5-7H,3-4H2,1-2H3,(H,12,14). The summed E-state index contributed by atoms with van der Waals surface area (Å²) < 4.78 is 6.12. The zero-order chi connectivity index (χ0) is 12.0. The number of hydrogen-bond donors (Lipinski definition) is 1. The number of aromatic nitrogens is 3. The van der Waals surface area contributed by atoms with Crippen LogP contribution < -0.4 is 5.32 Å².